The second kappa shape index (κ2) is 4.13. The number of nitrogens with one attached hydrogen (secondary N) is 1. The highest BCUT2D eigenvalue weighted by Gasteiger charge is 2.22. The minimum absolute atomic E-state index is 0.713. The van der Waals surface area contributed by atoms with Crippen molar-refractivity contribution in [1.29, 1.82) is 0 Å². The van der Waals surface area contributed by atoms with Gasteiger partial charge in [0.1, 0.15) is 0 Å². The normalized spacial score (nSPS) is 27.0. The summed E-state index contributed by atoms with van der Waals surface area (Å²) in [6.07, 6.45) is 5.95. The monoisotopic (exact) mass is 193 g/mol. The molecule has 78 valence electrons. The van der Waals surface area contributed by atoms with Crippen LogP contribution in [0.5, 0.6) is 0 Å². The minimum atomic E-state index is 0.713. The summed E-state index contributed by atoms with van der Waals surface area (Å²) in [5, 5.41) is 7.77. The van der Waals surface area contributed by atoms with Crippen LogP contribution in [0.4, 0.5) is 0 Å². The van der Waals surface area contributed by atoms with Crippen LogP contribution in [0.1, 0.15) is 31.9 Å². The molecule has 1 saturated carbocycles. The molecule has 1 aromatic rings. The van der Waals surface area contributed by atoms with Crippen LogP contribution >= 0.6 is 0 Å². The Kier molecular flexibility index (Phi) is 2.87. The number of aromatic nitrogens is 2. The summed E-state index contributed by atoms with van der Waals surface area (Å²) < 4.78 is 1.94. The average Bonchev–Trinajstić information content (AvgIpc) is 2.72. The summed E-state index contributed by atoms with van der Waals surface area (Å²) in [6.45, 7) is 3.29. The standard InChI is InChI=1S/C11H19N3/c1-9-4-3-5-11(9)12-8-10-6-7-13-14(10)2/h6-7,9,11-12H,3-5,8H2,1-2H3. The van der Waals surface area contributed by atoms with Crippen LogP contribution in [0.25, 0.3) is 0 Å². The van der Waals surface area contributed by atoms with Crippen molar-refractivity contribution in [2.75, 3.05) is 0 Å². The van der Waals surface area contributed by atoms with Gasteiger partial charge in [0.15, 0.2) is 0 Å². The quantitative estimate of drug-likeness (QED) is 0.792. The van der Waals surface area contributed by atoms with Gasteiger partial charge >= 0.3 is 0 Å². The van der Waals surface area contributed by atoms with Crippen LogP contribution in [-0.4, -0.2) is 15.8 Å². The van der Waals surface area contributed by atoms with Crippen molar-refractivity contribution in [2.45, 2.75) is 38.8 Å². The molecule has 0 saturated heterocycles. The lowest BCUT2D eigenvalue weighted by Gasteiger charge is -2.17. The maximum atomic E-state index is 4.16. The van der Waals surface area contributed by atoms with Crippen molar-refractivity contribution < 1.29 is 0 Å². The zero-order chi connectivity index (χ0) is 9.97. The minimum Gasteiger partial charge on any atom is -0.308 e. The van der Waals surface area contributed by atoms with Crippen molar-refractivity contribution in [2.24, 2.45) is 13.0 Å². The van der Waals surface area contributed by atoms with Gasteiger partial charge in [0, 0.05) is 25.8 Å². The molecular weight excluding hydrogens is 174 g/mol. The highest BCUT2D eigenvalue weighted by atomic mass is 15.3. The zero-order valence-corrected chi connectivity index (χ0v) is 9.03. The van der Waals surface area contributed by atoms with Crippen LogP contribution in [0.3, 0.4) is 0 Å². The molecule has 1 heterocycles. The number of rotatable bonds is 3. The highest BCUT2D eigenvalue weighted by Crippen LogP contribution is 2.24. The van der Waals surface area contributed by atoms with E-state index in [2.05, 4.69) is 23.4 Å². The molecule has 14 heavy (non-hydrogen) atoms. The zero-order valence-electron chi connectivity index (χ0n) is 9.03. The molecule has 2 rings (SSSR count). The third kappa shape index (κ3) is 1.98. The lowest BCUT2D eigenvalue weighted by Crippen LogP contribution is -2.31. The van der Waals surface area contributed by atoms with Crippen LogP contribution in [-0.2, 0) is 13.6 Å². The average molecular weight is 193 g/mol. The summed E-state index contributed by atoms with van der Waals surface area (Å²) in [5.41, 5.74) is 1.27. The first-order valence-electron chi connectivity index (χ1n) is 5.47. The van der Waals surface area contributed by atoms with Crippen molar-refractivity contribution >= 4 is 0 Å². The first-order chi connectivity index (χ1) is 6.77. The molecule has 0 bridgehead atoms. The van der Waals surface area contributed by atoms with Gasteiger partial charge in [0.05, 0.1) is 5.69 Å². The lowest BCUT2D eigenvalue weighted by atomic mass is 10.1. The molecule has 2 atom stereocenters. The fourth-order valence-corrected chi connectivity index (χ4v) is 2.26. The number of hydrogen-bond donors (Lipinski definition) is 1. The van der Waals surface area contributed by atoms with E-state index in [-0.39, 0.29) is 0 Å². The van der Waals surface area contributed by atoms with Crippen molar-refractivity contribution in [3.63, 3.8) is 0 Å². The van der Waals surface area contributed by atoms with Crippen LogP contribution in [0, 0.1) is 5.92 Å². The molecule has 0 spiro atoms. The molecule has 0 aliphatic heterocycles. The Bertz CT molecular complexity index is 292. The molecule has 0 radical (unpaired) electrons. The first-order valence-corrected chi connectivity index (χ1v) is 5.47. The molecule has 2 unspecified atom stereocenters. The Balaban J connectivity index is 1.85. The predicted molar refractivity (Wildman–Crippen MR) is 56.9 cm³/mol. The Morgan fingerprint density at radius 2 is 2.43 bits per heavy atom. The van der Waals surface area contributed by atoms with E-state index < -0.39 is 0 Å². The lowest BCUT2D eigenvalue weighted by molar-refractivity contribution is 0.419. The summed E-state index contributed by atoms with van der Waals surface area (Å²) in [4.78, 5) is 0. The number of hydrogen-bond acceptors (Lipinski definition) is 2. The molecule has 1 fully saturated rings. The molecule has 1 aliphatic rings. The SMILES string of the molecule is CC1CCCC1NCc1ccnn1C. The Hall–Kier alpha value is -0.830. The van der Waals surface area contributed by atoms with Crippen molar-refractivity contribution in [3.05, 3.63) is 18.0 Å². The van der Waals surface area contributed by atoms with E-state index in [4.69, 9.17) is 0 Å². The third-order valence-corrected chi connectivity index (χ3v) is 3.33. The molecule has 3 nitrogen and oxygen atoms in total. The Morgan fingerprint density at radius 1 is 1.57 bits per heavy atom. The van der Waals surface area contributed by atoms with Gasteiger partial charge in [-0.15, -0.1) is 0 Å². The fourth-order valence-electron chi connectivity index (χ4n) is 2.26. The van der Waals surface area contributed by atoms with Gasteiger partial charge in [-0.05, 0) is 24.8 Å². The summed E-state index contributed by atoms with van der Waals surface area (Å²) in [6, 6.07) is 2.79. The molecule has 0 aromatic carbocycles. The van der Waals surface area contributed by atoms with E-state index in [1.807, 2.05) is 17.9 Å². The van der Waals surface area contributed by atoms with Crippen LogP contribution < -0.4 is 5.32 Å². The molecule has 1 aliphatic carbocycles. The predicted octanol–water partition coefficient (Wildman–Crippen LogP) is 1.70. The molecular formula is C11H19N3. The second-order valence-corrected chi connectivity index (χ2v) is 4.34. The third-order valence-electron chi connectivity index (χ3n) is 3.33. The summed E-state index contributed by atoms with van der Waals surface area (Å²) in [7, 11) is 2.00. The number of nitrogens with zero attached hydrogens (tertiary/aromatic N) is 2. The molecule has 3 heteroatoms. The van der Waals surface area contributed by atoms with E-state index in [1.54, 1.807) is 0 Å². The molecule has 0 amide bonds. The van der Waals surface area contributed by atoms with E-state index in [0.29, 0.717) is 6.04 Å². The largest absolute Gasteiger partial charge is 0.308 e. The van der Waals surface area contributed by atoms with Gasteiger partial charge in [-0.2, -0.15) is 5.10 Å². The summed E-state index contributed by atoms with van der Waals surface area (Å²) in [5.74, 6) is 0.836. The number of aryl methyl sites for hydroxylation is 1. The maximum absolute atomic E-state index is 4.16. The fraction of sp³-hybridized carbons (Fsp3) is 0.727. The van der Waals surface area contributed by atoms with E-state index in [0.717, 1.165) is 12.5 Å². The van der Waals surface area contributed by atoms with Crippen LogP contribution in [0.15, 0.2) is 12.3 Å². The summed E-state index contributed by atoms with van der Waals surface area (Å²) >= 11 is 0. The van der Waals surface area contributed by atoms with Gasteiger partial charge in [-0.3, -0.25) is 4.68 Å². The molecule has 1 N–H and O–H groups in total. The van der Waals surface area contributed by atoms with E-state index >= 15 is 0 Å². The van der Waals surface area contributed by atoms with Crippen LogP contribution in [0.2, 0.25) is 0 Å². The van der Waals surface area contributed by atoms with E-state index in [9.17, 15) is 0 Å². The maximum Gasteiger partial charge on any atom is 0.0518 e. The second-order valence-electron chi connectivity index (χ2n) is 4.34. The smallest absolute Gasteiger partial charge is 0.0518 e. The first kappa shape index (κ1) is 9.71. The Morgan fingerprint density at radius 3 is 3.00 bits per heavy atom. The van der Waals surface area contributed by atoms with Gasteiger partial charge in [0.25, 0.3) is 0 Å². The highest BCUT2D eigenvalue weighted by molar-refractivity contribution is 5.00. The van der Waals surface area contributed by atoms with Gasteiger partial charge in [-0.1, -0.05) is 13.3 Å². The molecule has 1 aromatic heterocycles. The van der Waals surface area contributed by atoms with Gasteiger partial charge < -0.3 is 5.32 Å². The van der Waals surface area contributed by atoms with Gasteiger partial charge in [-0.25, -0.2) is 0 Å². The topological polar surface area (TPSA) is 29.9 Å². The van der Waals surface area contributed by atoms with Crippen molar-refractivity contribution in [3.8, 4) is 0 Å². The van der Waals surface area contributed by atoms with E-state index in [1.165, 1.54) is 25.0 Å². The Labute approximate surface area is 85.5 Å². The van der Waals surface area contributed by atoms with Crippen molar-refractivity contribution in [1.82, 2.24) is 15.1 Å². The van der Waals surface area contributed by atoms with Gasteiger partial charge in [0.2, 0.25) is 0 Å².